The van der Waals surface area contributed by atoms with Crippen molar-refractivity contribution in [2.24, 2.45) is 0 Å². The minimum atomic E-state index is 1.15. The molecule has 12 aromatic rings. The Hall–Kier alpha value is -7.26. The van der Waals surface area contributed by atoms with E-state index in [0.717, 1.165) is 5.69 Å². The lowest BCUT2D eigenvalue weighted by atomic mass is 9.86. The molecule has 0 aliphatic carbocycles. The number of benzene rings is 10. The number of hydrogen-bond donors (Lipinski definition) is 0. The molecule has 2 aromatic heterocycles. The molecule has 0 N–H and O–H groups in total. The maximum absolute atomic E-state index is 2.43. The van der Waals surface area contributed by atoms with Gasteiger partial charge in [-0.25, -0.2) is 0 Å². The summed E-state index contributed by atoms with van der Waals surface area (Å²) in [5.74, 6) is 0. The average molecular weight is 754 g/mol. The number of aromatic nitrogens is 1. The van der Waals surface area contributed by atoms with Crippen LogP contribution in [0, 0.1) is 0 Å². The van der Waals surface area contributed by atoms with Crippen LogP contribution < -0.4 is 0 Å². The summed E-state index contributed by atoms with van der Waals surface area (Å²) in [5.41, 5.74) is 13.6. The number of para-hydroxylation sites is 1. The zero-order chi connectivity index (χ0) is 38.2. The molecule has 58 heavy (non-hydrogen) atoms. The van der Waals surface area contributed by atoms with Gasteiger partial charge in [0.1, 0.15) is 0 Å². The van der Waals surface area contributed by atoms with Gasteiger partial charge in [0.05, 0.1) is 11.0 Å². The normalized spacial score (nSPS) is 11.8. The van der Waals surface area contributed by atoms with Crippen LogP contribution in [0.4, 0.5) is 0 Å². The van der Waals surface area contributed by atoms with Gasteiger partial charge in [-0.05, 0) is 96.4 Å². The van der Waals surface area contributed by atoms with Gasteiger partial charge in [-0.1, -0.05) is 182 Å². The van der Waals surface area contributed by atoms with Crippen molar-refractivity contribution in [2.45, 2.75) is 0 Å². The predicted octanol–water partition coefficient (Wildman–Crippen LogP) is 16.1. The minimum Gasteiger partial charge on any atom is -0.309 e. The topological polar surface area (TPSA) is 4.93 Å². The second-order valence-electron chi connectivity index (χ2n) is 15.2. The molecule has 0 aliphatic rings. The number of nitrogens with zero attached hydrogens (tertiary/aromatic N) is 1. The average Bonchev–Trinajstić information content (AvgIpc) is 3.85. The van der Waals surface area contributed by atoms with Crippen molar-refractivity contribution < 1.29 is 0 Å². The lowest BCUT2D eigenvalue weighted by Crippen LogP contribution is -1.94. The maximum Gasteiger partial charge on any atom is 0.0541 e. The molecule has 12 rings (SSSR count). The maximum atomic E-state index is 2.43. The van der Waals surface area contributed by atoms with E-state index in [4.69, 9.17) is 0 Å². The van der Waals surface area contributed by atoms with E-state index in [-0.39, 0.29) is 0 Å². The molecule has 0 atom stereocenters. The number of fused-ring (bicyclic) bond motifs is 8. The highest BCUT2D eigenvalue weighted by atomic mass is 32.1. The van der Waals surface area contributed by atoms with Crippen molar-refractivity contribution >= 4 is 74.9 Å². The van der Waals surface area contributed by atoms with Crippen LogP contribution >= 0.6 is 11.3 Å². The van der Waals surface area contributed by atoms with Crippen molar-refractivity contribution in [3.05, 3.63) is 212 Å². The van der Waals surface area contributed by atoms with Crippen LogP contribution in [0.2, 0.25) is 0 Å². The first-order valence-corrected chi connectivity index (χ1v) is 20.7. The molecular weight excluding hydrogens is 719 g/mol. The molecule has 0 spiro atoms. The largest absolute Gasteiger partial charge is 0.309 e. The predicted molar refractivity (Wildman–Crippen MR) is 250 cm³/mol. The third-order valence-electron chi connectivity index (χ3n) is 12.0. The van der Waals surface area contributed by atoms with E-state index in [1.807, 2.05) is 11.3 Å². The molecule has 0 saturated carbocycles. The molecule has 10 aromatic carbocycles. The Morgan fingerprint density at radius 3 is 1.29 bits per heavy atom. The summed E-state index contributed by atoms with van der Waals surface area (Å²) < 4.78 is 5.10. The van der Waals surface area contributed by atoms with Crippen molar-refractivity contribution in [3.8, 4) is 50.2 Å². The van der Waals surface area contributed by atoms with Gasteiger partial charge in [0, 0.05) is 36.6 Å². The third-order valence-corrected chi connectivity index (χ3v) is 13.3. The molecule has 0 saturated heterocycles. The van der Waals surface area contributed by atoms with E-state index >= 15 is 0 Å². The molecular formula is C56H35NS. The molecule has 0 bridgehead atoms. The van der Waals surface area contributed by atoms with E-state index < -0.39 is 0 Å². The number of rotatable bonds is 5. The van der Waals surface area contributed by atoms with Crippen LogP contribution in [0.5, 0.6) is 0 Å². The Kier molecular flexibility index (Phi) is 7.47. The van der Waals surface area contributed by atoms with Crippen molar-refractivity contribution in [1.29, 1.82) is 0 Å². The second kappa shape index (κ2) is 13.2. The van der Waals surface area contributed by atoms with Crippen LogP contribution in [0.15, 0.2) is 212 Å². The highest BCUT2D eigenvalue weighted by Crippen LogP contribution is 2.46. The Bertz CT molecular complexity index is 3480. The lowest BCUT2D eigenvalue weighted by molar-refractivity contribution is 1.18. The fourth-order valence-electron chi connectivity index (χ4n) is 9.44. The summed E-state index contributed by atoms with van der Waals surface area (Å²) in [6, 6.07) is 78.0. The Labute approximate surface area is 340 Å². The van der Waals surface area contributed by atoms with Gasteiger partial charge >= 0.3 is 0 Å². The summed E-state index contributed by atoms with van der Waals surface area (Å²) in [4.78, 5) is 0. The van der Waals surface area contributed by atoms with Crippen LogP contribution in [0.25, 0.3) is 114 Å². The van der Waals surface area contributed by atoms with Gasteiger partial charge in [0.15, 0.2) is 0 Å². The fraction of sp³-hybridized carbons (Fsp3) is 0. The van der Waals surface area contributed by atoms with Gasteiger partial charge in [-0.15, -0.1) is 11.3 Å². The molecule has 2 heterocycles. The molecule has 0 aliphatic heterocycles. The fourth-order valence-corrected chi connectivity index (χ4v) is 10.8. The zero-order valence-corrected chi connectivity index (χ0v) is 32.4. The molecule has 270 valence electrons. The summed E-state index contributed by atoms with van der Waals surface area (Å²) >= 11 is 1.91. The van der Waals surface area contributed by atoms with Crippen molar-refractivity contribution in [3.63, 3.8) is 0 Å². The van der Waals surface area contributed by atoms with Crippen molar-refractivity contribution in [1.82, 2.24) is 4.57 Å². The first-order chi connectivity index (χ1) is 28.8. The van der Waals surface area contributed by atoms with Gasteiger partial charge in [-0.2, -0.15) is 0 Å². The van der Waals surface area contributed by atoms with E-state index in [2.05, 4.69) is 217 Å². The Morgan fingerprint density at radius 2 is 0.707 bits per heavy atom. The van der Waals surface area contributed by atoms with E-state index in [9.17, 15) is 0 Å². The molecule has 0 radical (unpaired) electrons. The van der Waals surface area contributed by atoms with Gasteiger partial charge in [-0.3, -0.25) is 0 Å². The minimum absolute atomic E-state index is 1.15. The molecule has 0 amide bonds. The highest BCUT2D eigenvalue weighted by Gasteiger charge is 2.19. The SMILES string of the molecule is c1ccc(-c2c3ccccc3c(-c3ccc(-n4c5ccccc5c5cc(-c6cccc7c6sc6c(-c8ccccc8)cccc67)ccc54)cc3)c3ccccc23)cc1. The quantitative estimate of drug-likeness (QED) is 0.154. The van der Waals surface area contributed by atoms with Crippen LogP contribution in [-0.4, -0.2) is 4.57 Å². The van der Waals surface area contributed by atoms with E-state index in [1.54, 1.807) is 0 Å². The van der Waals surface area contributed by atoms with Crippen LogP contribution in [0.1, 0.15) is 0 Å². The number of hydrogen-bond acceptors (Lipinski definition) is 1. The number of thiophene rings is 1. The first-order valence-electron chi connectivity index (χ1n) is 19.9. The standard InChI is InChI=1S/C56H35NS/c1-3-15-36(16-4-1)41-24-13-26-48-49-27-14-25-42(56(49)58-55(41)48)39-31-34-52-50(35-39)43-19-11-12-28-51(43)57(52)40-32-29-38(30-33-40)54-46-22-9-7-20-44(46)53(37-17-5-2-6-18-37)45-21-8-10-23-47(45)54/h1-35H. The van der Waals surface area contributed by atoms with Gasteiger partial charge in [0.25, 0.3) is 0 Å². The first kappa shape index (κ1) is 32.9. The molecule has 2 heteroatoms. The molecule has 0 fully saturated rings. The second-order valence-corrected chi connectivity index (χ2v) is 16.2. The third kappa shape index (κ3) is 5.02. The highest BCUT2D eigenvalue weighted by molar-refractivity contribution is 7.26. The van der Waals surface area contributed by atoms with Gasteiger partial charge in [0.2, 0.25) is 0 Å². The van der Waals surface area contributed by atoms with Gasteiger partial charge < -0.3 is 4.57 Å². The molecule has 1 nitrogen and oxygen atoms in total. The monoisotopic (exact) mass is 753 g/mol. The van der Waals surface area contributed by atoms with Crippen molar-refractivity contribution in [2.75, 3.05) is 0 Å². The van der Waals surface area contributed by atoms with Crippen LogP contribution in [0.3, 0.4) is 0 Å². The Balaban J connectivity index is 1.00. The summed E-state index contributed by atoms with van der Waals surface area (Å²) in [6.07, 6.45) is 0. The Morgan fingerprint density at radius 1 is 0.276 bits per heavy atom. The summed E-state index contributed by atoms with van der Waals surface area (Å²) in [7, 11) is 0. The molecule has 0 unspecified atom stereocenters. The van der Waals surface area contributed by atoms with Crippen LogP contribution in [-0.2, 0) is 0 Å². The van der Waals surface area contributed by atoms with E-state index in [1.165, 1.54) is 108 Å². The van der Waals surface area contributed by atoms with E-state index in [0.29, 0.717) is 0 Å². The smallest absolute Gasteiger partial charge is 0.0541 e. The zero-order valence-electron chi connectivity index (χ0n) is 31.6. The lowest BCUT2D eigenvalue weighted by Gasteiger charge is -2.18. The summed E-state index contributed by atoms with van der Waals surface area (Å²) in [6.45, 7) is 0. The summed E-state index contributed by atoms with van der Waals surface area (Å²) in [5, 5.41) is 10.2.